The van der Waals surface area contributed by atoms with Crippen LogP contribution in [0.4, 0.5) is 0 Å². The van der Waals surface area contributed by atoms with Gasteiger partial charge in [-0.05, 0) is 45.0 Å². The number of aromatic nitrogens is 1. The molecule has 0 aliphatic carbocycles. The van der Waals surface area contributed by atoms with E-state index in [2.05, 4.69) is 41.5 Å². The SMILES string of the molecule is CNCCC1(C)OCCc2c1[nH]c1ccccc21. The lowest BCUT2D eigenvalue weighted by Crippen LogP contribution is -2.35. The van der Waals surface area contributed by atoms with Crippen LogP contribution in [0.2, 0.25) is 0 Å². The Morgan fingerprint density at radius 3 is 3.06 bits per heavy atom. The van der Waals surface area contributed by atoms with Crippen molar-refractivity contribution in [2.24, 2.45) is 0 Å². The van der Waals surface area contributed by atoms with E-state index in [0.29, 0.717) is 0 Å². The molecule has 1 unspecified atom stereocenters. The fourth-order valence-electron chi connectivity index (χ4n) is 2.92. The largest absolute Gasteiger partial charge is 0.369 e. The van der Waals surface area contributed by atoms with E-state index in [0.717, 1.165) is 26.0 Å². The van der Waals surface area contributed by atoms with Crippen LogP contribution in [0.15, 0.2) is 24.3 Å². The summed E-state index contributed by atoms with van der Waals surface area (Å²) < 4.78 is 6.05. The third kappa shape index (κ3) is 1.74. The molecule has 2 aromatic rings. The summed E-state index contributed by atoms with van der Waals surface area (Å²) in [5, 5.41) is 4.56. The van der Waals surface area contributed by atoms with Gasteiger partial charge in [-0.25, -0.2) is 0 Å². The predicted octanol–water partition coefficient (Wildman–Crippen LogP) is 2.57. The first-order valence-corrected chi connectivity index (χ1v) is 6.63. The zero-order valence-electron chi connectivity index (χ0n) is 11.0. The van der Waals surface area contributed by atoms with Crippen molar-refractivity contribution < 1.29 is 4.74 Å². The lowest BCUT2D eigenvalue weighted by atomic mass is 9.90. The van der Waals surface area contributed by atoms with Crippen molar-refractivity contribution in [2.75, 3.05) is 20.2 Å². The molecule has 96 valence electrons. The Morgan fingerprint density at radius 2 is 2.22 bits per heavy atom. The first-order valence-electron chi connectivity index (χ1n) is 6.63. The number of hydrogen-bond acceptors (Lipinski definition) is 2. The van der Waals surface area contributed by atoms with Crippen LogP contribution in [-0.4, -0.2) is 25.2 Å². The summed E-state index contributed by atoms with van der Waals surface area (Å²) >= 11 is 0. The average molecular weight is 244 g/mol. The van der Waals surface area contributed by atoms with Gasteiger partial charge in [0, 0.05) is 10.9 Å². The molecule has 0 radical (unpaired) electrons. The Balaban J connectivity index is 2.10. The Kier molecular flexibility index (Phi) is 2.88. The van der Waals surface area contributed by atoms with Gasteiger partial charge in [0.1, 0.15) is 5.60 Å². The Morgan fingerprint density at radius 1 is 1.39 bits per heavy atom. The second-order valence-corrected chi connectivity index (χ2v) is 5.21. The van der Waals surface area contributed by atoms with Gasteiger partial charge in [-0.2, -0.15) is 0 Å². The van der Waals surface area contributed by atoms with Crippen LogP contribution in [0, 0.1) is 0 Å². The van der Waals surface area contributed by atoms with Crippen LogP contribution in [0.25, 0.3) is 10.9 Å². The molecule has 0 bridgehead atoms. The van der Waals surface area contributed by atoms with E-state index >= 15 is 0 Å². The molecule has 18 heavy (non-hydrogen) atoms. The van der Waals surface area contributed by atoms with Crippen LogP contribution in [0.5, 0.6) is 0 Å². The van der Waals surface area contributed by atoms with E-state index in [1.165, 1.54) is 22.2 Å². The molecule has 3 nitrogen and oxygen atoms in total. The number of hydrogen-bond donors (Lipinski definition) is 2. The highest BCUT2D eigenvalue weighted by Gasteiger charge is 2.35. The summed E-state index contributed by atoms with van der Waals surface area (Å²) in [5.41, 5.74) is 3.75. The topological polar surface area (TPSA) is 37.0 Å². The van der Waals surface area contributed by atoms with Crippen LogP contribution in [0.1, 0.15) is 24.6 Å². The molecule has 0 saturated carbocycles. The first-order chi connectivity index (χ1) is 8.74. The minimum absolute atomic E-state index is 0.185. The molecule has 0 spiro atoms. The van der Waals surface area contributed by atoms with Crippen molar-refractivity contribution in [1.29, 1.82) is 0 Å². The highest BCUT2D eigenvalue weighted by Crippen LogP contribution is 2.38. The monoisotopic (exact) mass is 244 g/mol. The van der Waals surface area contributed by atoms with Gasteiger partial charge in [-0.15, -0.1) is 0 Å². The van der Waals surface area contributed by atoms with Crippen molar-refractivity contribution in [3.63, 3.8) is 0 Å². The van der Waals surface area contributed by atoms with Gasteiger partial charge in [0.05, 0.1) is 12.3 Å². The second kappa shape index (κ2) is 4.41. The molecule has 0 fully saturated rings. The lowest BCUT2D eigenvalue weighted by molar-refractivity contribution is -0.0539. The fourth-order valence-corrected chi connectivity index (χ4v) is 2.92. The standard InChI is InChI=1S/C15H20N2O/c1-15(8-9-16-2)14-12(7-10-18-15)11-5-3-4-6-13(11)17-14/h3-6,16-17H,7-10H2,1-2H3. The summed E-state index contributed by atoms with van der Waals surface area (Å²) in [6, 6.07) is 8.54. The number of rotatable bonds is 3. The highest BCUT2D eigenvalue weighted by molar-refractivity contribution is 5.85. The molecule has 1 aromatic heterocycles. The Labute approximate surface area is 108 Å². The lowest BCUT2D eigenvalue weighted by Gasteiger charge is -2.34. The summed E-state index contributed by atoms with van der Waals surface area (Å²) in [6.45, 7) is 3.97. The summed E-state index contributed by atoms with van der Waals surface area (Å²) in [5.74, 6) is 0. The van der Waals surface area contributed by atoms with E-state index < -0.39 is 0 Å². The molecular weight excluding hydrogens is 224 g/mol. The maximum Gasteiger partial charge on any atom is 0.106 e. The molecule has 1 aliphatic rings. The third-order valence-electron chi connectivity index (χ3n) is 3.97. The van der Waals surface area contributed by atoms with Crippen molar-refractivity contribution in [3.05, 3.63) is 35.5 Å². The maximum atomic E-state index is 6.05. The maximum absolute atomic E-state index is 6.05. The number of ether oxygens (including phenoxy) is 1. The highest BCUT2D eigenvalue weighted by atomic mass is 16.5. The molecule has 2 heterocycles. The number of H-pyrrole nitrogens is 1. The first kappa shape index (κ1) is 11.8. The van der Waals surface area contributed by atoms with E-state index in [1.54, 1.807) is 0 Å². The number of fused-ring (bicyclic) bond motifs is 3. The average Bonchev–Trinajstić information content (AvgIpc) is 2.77. The molecular formula is C15H20N2O. The Bertz CT molecular complexity index is 561. The van der Waals surface area contributed by atoms with Gasteiger partial charge in [-0.1, -0.05) is 18.2 Å². The second-order valence-electron chi connectivity index (χ2n) is 5.21. The number of aromatic amines is 1. The fraction of sp³-hybridized carbons (Fsp3) is 0.467. The minimum atomic E-state index is -0.185. The molecule has 0 saturated heterocycles. The summed E-state index contributed by atoms with van der Waals surface area (Å²) in [7, 11) is 1.98. The van der Waals surface area contributed by atoms with Gasteiger partial charge >= 0.3 is 0 Å². The van der Waals surface area contributed by atoms with Crippen LogP contribution >= 0.6 is 0 Å². The Hall–Kier alpha value is -1.32. The van der Waals surface area contributed by atoms with Crippen LogP contribution in [-0.2, 0) is 16.8 Å². The van der Waals surface area contributed by atoms with Crippen LogP contribution in [0.3, 0.4) is 0 Å². The van der Waals surface area contributed by atoms with Gasteiger partial charge in [-0.3, -0.25) is 0 Å². The van der Waals surface area contributed by atoms with Crippen molar-refractivity contribution in [1.82, 2.24) is 10.3 Å². The number of benzene rings is 1. The molecule has 3 rings (SSSR count). The zero-order chi connectivity index (χ0) is 12.6. The summed E-state index contributed by atoms with van der Waals surface area (Å²) in [6.07, 6.45) is 2.00. The van der Waals surface area contributed by atoms with Gasteiger partial charge in [0.25, 0.3) is 0 Å². The predicted molar refractivity (Wildman–Crippen MR) is 73.9 cm³/mol. The minimum Gasteiger partial charge on any atom is -0.369 e. The van der Waals surface area contributed by atoms with Gasteiger partial charge < -0.3 is 15.0 Å². The van der Waals surface area contributed by atoms with E-state index in [-0.39, 0.29) is 5.60 Å². The molecule has 3 heteroatoms. The van der Waals surface area contributed by atoms with Gasteiger partial charge in [0.2, 0.25) is 0 Å². The van der Waals surface area contributed by atoms with Crippen molar-refractivity contribution in [2.45, 2.75) is 25.4 Å². The van der Waals surface area contributed by atoms with E-state index in [9.17, 15) is 0 Å². The quantitative estimate of drug-likeness (QED) is 0.870. The zero-order valence-corrected chi connectivity index (χ0v) is 11.0. The van der Waals surface area contributed by atoms with Crippen molar-refractivity contribution >= 4 is 10.9 Å². The third-order valence-corrected chi connectivity index (χ3v) is 3.97. The number of nitrogens with one attached hydrogen (secondary N) is 2. The van der Waals surface area contributed by atoms with Crippen molar-refractivity contribution in [3.8, 4) is 0 Å². The molecule has 1 aromatic carbocycles. The number of para-hydroxylation sites is 1. The molecule has 2 N–H and O–H groups in total. The normalized spacial score (nSPS) is 23.2. The smallest absolute Gasteiger partial charge is 0.106 e. The van der Waals surface area contributed by atoms with Crippen LogP contribution < -0.4 is 5.32 Å². The summed E-state index contributed by atoms with van der Waals surface area (Å²) in [4.78, 5) is 3.56. The molecule has 0 amide bonds. The molecule has 1 atom stereocenters. The van der Waals surface area contributed by atoms with Gasteiger partial charge in [0.15, 0.2) is 0 Å². The van der Waals surface area contributed by atoms with E-state index in [1.807, 2.05) is 7.05 Å². The molecule has 1 aliphatic heterocycles. The van der Waals surface area contributed by atoms with E-state index in [4.69, 9.17) is 4.74 Å².